The zero-order valence-electron chi connectivity index (χ0n) is 17.2. The summed E-state index contributed by atoms with van der Waals surface area (Å²) < 4.78 is 21.6. The van der Waals surface area contributed by atoms with Gasteiger partial charge in [0.1, 0.15) is 5.82 Å². The van der Waals surface area contributed by atoms with Crippen LogP contribution < -0.4 is 15.8 Å². The van der Waals surface area contributed by atoms with Crippen LogP contribution in [0.15, 0.2) is 48.7 Å². The number of anilines is 1. The van der Waals surface area contributed by atoms with E-state index in [-0.39, 0.29) is 11.5 Å². The van der Waals surface area contributed by atoms with E-state index in [0.29, 0.717) is 35.6 Å². The molecule has 2 aromatic heterocycles. The lowest BCUT2D eigenvalue weighted by Gasteiger charge is -2.15. The molecule has 0 aliphatic carbocycles. The largest absolute Gasteiger partial charge is 0.488 e. The summed E-state index contributed by atoms with van der Waals surface area (Å²) in [7, 11) is 0. The number of ether oxygens (including phenoxy) is 1. The highest BCUT2D eigenvalue weighted by molar-refractivity contribution is 6.05. The number of aryl methyl sites for hydroxylation is 1. The molecule has 0 radical (unpaired) electrons. The van der Waals surface area contributed by atoms with E-state index >= 15 is 0 Å². The molecule has 0 bridgehead atoms. The first kappa shape index (κ1) is 19.9. The van der Waals surface area contributed by atoms with Gasteiger partial charge >= 0.3 is 0 Å². The zero-order valence-corrected chi connectivity index (χ0v) is 17.2. The Morgan fingerprint density at radius 3 is 2.84 bits per heavy atom. The fraction of sp³-hybridized carbons (Fsp3) is 0.217. The molecule has 5 rings (SSSR count). The van der Waals surface area contributed by atoms with Gasteiger partial charge in [-0.25, -0.2) is 9.37 Å². The number of halogens is 1. The van der Waals surface area contributed by atoms with Crippen molar-refractivity contribution in [3.63, 3.8) is 0 Å². The first-order valence-corrected chi connectivity index (χ1v) is 10.4. The Morgan fingerprint density at radius 2 is 2.03 bits per heavy atom. The van der Waals surface area contributed by atoms with Crippen molar-refractivity contribution in [2.45, 2.75) is 25.8 Å². The molecular weight excluding hydrogens is 411 g/mol. The molecule has 0 saturated heterocycles. The third-order valence-electron chi connectivity index (χ3n) is 5.39. The van der Waals surface area contributed by atoms with Crippen LogP contribution >= 0.6 is 0 Å². The molecule has 4 aromatic rings. The quantitative estimate of drug-likeness (QED) is 0.501. The fourth-order valence-electron chi connectivity index (χ4n) is 3.83. The van der Waals surface area contributed by atoms with Crippen molar-refractivity contribution >= 4 is 22.6 Å². The summed E-state index contributed by atoms with van der Waals surface area (Å²) in [5.74, 6) is 0.124. The Bertz CT molecular complexity index is 1310. The molecule has 1 aliphatic rings. The number of fused-ring (bicyclic) bond motifs is 2. The van der Waals surface area contributed by atoms with E-state index in [1.54, 1.807) is 0 Å². The smallest absolute Gasteiger partial charge is 0.253 e. The second-order valence-electron chi connectivity index (χ2n) is 7.60. The van der Waals surface area contributed by atoms with Crippen molar-refractivity contribution < 1.29 is 13.9 Å². The molecule has 0 fully saturated rings. The minimum atomic E-state index is -0.726. The van der Waals surface area contributed by atoms with Crippen LogP contribution in [0.1, 0.15) is 34.5 Å². The van der Waals surface area contributed by atoms with Gasteiger partial charge in [0, 0.05) is 18.0 Å². The number of aromatic nitrogens is 4. The Kier molecular flexibility index (Phi) is 5.14. The Morgan fingerprint density at radius 1 is 1.19 bits per heavy atom. The third kappa shape index (κ3) is 3.73. The molecule has 162 valence electrons. The van der Waals surface area contributed by atoms with Crippen LogP contribution in [0.4, 0.5) is 10.2 Å². The average Bonchev–Trinajstić information content (AvgIpc) is 3.06. The van der Waals surface area contributed by atoms with Gasteiger partial charge in [-0.3, -0.25) is 4.79 Å². The van der Waals surface area contributed by atoms with Crippen LogP contribution in [0, 0.1) is 5.82 Å². The van der Waals surface area contributed by atoms with E-state index in [1.165, 1.54) is 16.9 Å². The summed E-state index contributed by atoms with van der Waals surface area (Å²) in [6.07, 6.45) is 4.05. The predicted octanol–water partition coefficient (Wildman–Crippen LogP) is 3.38. The van der Waals surface area contributed by atoms with Crippen LogP contribution in [-0.2, 0) is 13.0 Å². The standard InChI is InChI=1S/C23H21FN6O2/c24-15-10-16(21(25)31)17-13-27-30(19(17)11-15)23-28-18-8-4-5-9-32-20(18)22(29-23)26-12-14-6-2-1-3-7-14/h1-3,6-7,10-11,13H,4-5,8-9,12H2,(H2,25,31)(H,26,28,29). The predicted molar refractivity (Wildman–Crippen MR) is 117 cm³/mol. The number of nitrogens with one attached hydrogen (secondary N) is 1. The van der Waals surface area contributed by atoms with E-state index in [9.17, 15) is 9.18 Å². The molecule has 0 saturated carbocycles. The Hall–Kier alpha value is -4.01. The second kappa shape index (κ2) is 8.26. The number of hydrogen-bond donors (Lipinski definition) is 2. The molecule has 0 spiro atoms. The van der Waals surface area contributed by atoms with Crippen molar-refractivity contribution in [3.05, 3.63) is 71.3 Å². The number of benzene rings is 2. The van der Waals surface area contributed by atoms with E-state index in [2.05, 4.69) is 20.4 Å². The maximum absolute atomic E-state index is 14.2. The highest BCUT2D eigenvalue weighted by Gasteiger charge is 2.21. The molecule has 1 amide bonds. The number of carbonyl (C=O) groups is 1. The van der Waals surface area contributed by atoms with Crippen LogP contribution in [-0.4, -0.2) is 32.3 Å². The molecular formula is C23H21FN6O2. The summed E-state index contributed by atoms with van der Waals surface area (Å²) in [5.41, 5.74) is 7.70. The normalized spacial score (nSPS) is 13.3. The minimum absolute atomic E-state index is 0.0618. The molecule has 2 aromatic carbocycles. The average molecular weight is 432 g/mol. The zero-order chi connectivity index (χ0) is 22.1. The lowest BCUT2D eigenvalue weighted by atomic mass is 10.1. The van der Waals surface area contributed by atoms with Crippen molar-refractivity contribution in [3.8, 4) is 11.7 Å². The van der Waals surface area contributed by atoms with Gasteiger partial charge in [-0.2, -0.15) is 14.8 Å². The number of rotatable bonds is 5. The number of carbonyl (C=O) groups excluding carboxylic acids is 1. The molecule has 0 unspecified atom stereocenters. The Labute approximate surface area is 183 Å². The molecule has 9 heteroatoms. The lowest BCUT2D eigenvalue weighted by Crippen LogP contribution is -2.13. The van der Waals surface area contributed by atoms with Crippen molar-refractivity contribution in [2.24, 2.45) is 5.73 Å². The Balaban J connectivity index is 1.62. The van der Waals surface area contributed by atoms with Crippen LogP contribution in [0.25, 0.3) is 16.9 Å². The summed E-state index contributed by atoms with van der Waals surface area (Å²) in [6, 6.07) is 12.3. The van der Waals surface area contributed by atoms with Gasteiger partial charge in [0.15, 0.2) is 11.6 Å². The molecule has 3 heterocycles. The summed E-state index contributed by atoms with van der Waals surface area (Å²) in [6.45, 7) is 1.14. The van der Waals surface area contributed by atoms with Gasteiger partial charge in [0.2, 0.25) is 5.91 Å². The minimum Gasteiger partial charge on any atom is -0.488 e. The van der Waals surface area contributed by atoms with Crippen molar-refractivity contribution in [1.82, 2.24) is 19.7 Å². The monoisotopic (exact) mass is 432 g/mol. The van der Waals surface area contributed by atoms with Gasteiger partial charge in [-0.05, 0) is 30.9 Å². The number of nitrogens with two attached hydrogens (primary N) is 1. The highest BCUT2D eigenvalue weighted by atomic mass is 19.1. The first-order chi connectivity index (χ1) is 15.6. The molecule has 32 heavy (non-hydrogen) atoms. The maximum atomic E-state index is 14.2. The van der Waals surface area contributed by atoms with Gasteiger partial charge in [0.25, 0.3) is 5.95 Å². The second-order valence-corrected chi connectivity index (χ2v) is 7.60. The summed E-state index contributed by atoms with van der Waals surface area (Å²) in [5, 5.41) is 8.11. The van der Waals surface area contributed by atoms with Crippen LogP contribution in [0.5, 0.6) is 5.75 Å². The van der Waals surface area contributed by atoms with Gasteiger partial charge in [-0.15, -0.1) is 0 Å². The molecule has 3 N–H and O–H groups in total. The number of nitrogens with zero attached hydrogens (tertiary/aromatic N) is 4. The SMILES string of the molecule is NC(=O)c1cc(F)cc2c1cnn2-c1nc2c(c(NCc3ccccc3)n1)OCCCC2. The maximum Gasteiger partial charge on any atom is 0.253 e. The molecule has 8 nitrogen and oxygen atoms in total. The summed E-state index contributed by atoms with van der Waals surface area (Å²) >= 11 is 0. The fourth-order valence-corrected chi connectivity index (χ4v) is 3.83. The number of primary amides is 1. The molecule has 1 aliphatic heterocycles. The number of amides is 1. The number of hydrogen-bond acceptors (Lipinski definition) is 6. The van der Waals surface area contributed by atoms with Crippen LogP contribution in [0.2, 0.25) is 0 Å². The van der Waals surface area contributed by atoms with Crippen molar-refractivity contribution in [2.75, 3.05) is 11.9 Å². The first-order valence-electron chi connectivity index (χ1n) is 10.4. The topological polar surface area (TPSA) is 108 Å². The van der Waals surface area contributed by atoms with Gasteiger partial charge in [0.05, 0.1) is 29.6 Å². The lowest BCUT2D eigenvalue weighted by molar-refractivity contribution is 0.100. The van der Waals surface area contributed by atoms with E-state index < -0.39 is 11.7 Å². The highest BCUT2D eigenvalue weighted by Crippen LogP contribution is 2.32. The van der Waals surface area contributed by atoms with Crippen molar-refractivity contribution in [1.29, 1.82) is 0 Å². The van der Waals surface area contributed by atoms with E-state index in [1.807, 2.05) is 30.3 Å². The van der Waals surface area contributed by atoms with Gasteiger partial charge in [-0.1, -0.05) is 30.3 Å². The van der Waals surface area contributed by atoms with E-state index in [0.717, 1.165) is 36.6 Å². The third-order valence-corrected chi connectivity index (χ3v) is 5.39. The molecule has 0 atom stereocenters. The van der Waals surface area contributed by atoms with Crippen LogP contribution in [0.3, 0.4) is 0 Å². The summed E-state index contributed by atoms with van der Waals surface area (Å²) in [4.78, 5) is 21.1. The van der Waals surface area contributed by atoms with Gasteiger partial charge < -0.3 is 15.8 Å². The van der Waals surface area contributed by atoms with E-state index in [4.69, 9.17) is 10.5 Å².